The Hall–Kier alpha value is -2.29. The molecule has 19 heavy (non-hydrogen) atoms. The van der Waals surface area contributed by atoms with Crippen LogP contribution in [-0.4, -0.2) is 17.0 Å². The molecule has 1 unspecified atom stereocenters. The minimum atomic E-state index is -0.360. The van der Waals surface area contributed by atoms with Crippen molar-refractivity contribution in [1.29, 1.82) is 0 Å². The fraction of sp³-hybridized carbons (Fsp3) is 0.188. The van der Waals surface area contributed by atoms with Gasteiger partial charge in [0.15, 0.2) is 0 Å². The van der Waals surface area contributed by atoms with Gasteiger partial charge in [-0.1, -0.05) is 42.5 Å². The maximum absolute atomic E-state index is 12.1. The molecule has 0 saturated carbocycles. The normalized spacial score (nSPS) is 17.9. The van der Waals surface area contributed by atoms with Crippen molar-refractivity contribution in [2.24, 2.45) is 0 Å². The fourth-order valence-electron chi connectivity index (χ4n) is 1.84. The minimum Gasteiger partial charge on any atom is -0.410 e. The predicted octanol–water partition coefficient (Wildman–Crippen LogP) is 3.91. The molecule has 3 nitrogen and oxygen atoms in total. The average molecular weight is 255 g/mol. The first kappa shape index (κ1) is 13.1. The van der Waals surface area contributed by atoms with E-state index in [4.69, 9.17) is 4.74 Å². The molecule has 0 aliphatic carbocycles. The van der Waals surface area contributed by atoms with Crippen LogP contribution in [-0.2, 0) is 0 Å². The van der Waals surface area contributed by atoms with Crippen LogP contribution in [0.4, 0.5) is 4.79 Å². The molecule has 1 aromatic rings. The van der Waals surface area contributed by atoms with Gasteiger partial charge in [-0.3, -0.25) is 4.90 Å². The van der Waals surface area contributed by atoms with Crippen LogP contribution in [0.5, 0.6) is 5.75 Å². The SMILES string of the molecule is C/C=C/CC1C=CC=CN1C(=O)Oc1ccccc1. The Morgan fingerprint density at radius 3 is 2.84 bits per heavy atom. The van der Waals surface area contributed by atoms with Crippen LogP contribution in [0.15, 0.2) is 66.9 Å². The van der Waals surface area contributed by atoms with Crippen molar-refractivity contribution in [2.75, 3.05) is 0 Å². The van der Waals surface area contributed by atoms with Crippen molar-refractivity contribution < 1.29 is 9.53 Å². The summed E-state index contributed by atoms with van der Waals surface area (Å²) in [5.74, 6) is 0.556. The molecule has 0 N–H and O–H groups in total. The van der Waals surface area contributed by atoms with E-state index in [-0.39, 0.29) is 12.1 Å². The van der Waals surface area contributed by atoms with E-state index in [2.05, 4.69) is 0 Å². The number of allylic oxidation sites excluding steroid dienone is 3. The Kier molecular flexibility index (Phi) is 4.56. The maximum Gasteiger partial charge on any atom is 0.419 e. The maximum atomic E-state index is 12.1. The Morgan fingerprint density at radius 2 is 2.11 bits per heavy atom. The van der Waals surface area contributed by atoms with Gasteiger partial charge in [0.1, 0.15) is 5.75 Å². The molecule has 1 heterocycles. The summed E-state index contributed by atoms with van der Waals surface area (Å²) in [6.07, 6.45) is 12.0. The van der Waals surface area contributed by atoms with Crippen molar-refractivity contribution >= 4 is 6.09 Å². The highest BCUT2D eigenvalue weighted by Crippen LogP contribution is 2.16. The Labute approximate surface area is 113 Å². The van der Waals surface area contributed by atoms with Crippen LogP contribution in [0.25, 0.3) is 0 Å². The highest BCUT2D eigenvalue weighted by atomic mass is 16.6. The van der Waals surface area contributed by atoms with Crippen LogP contribution in [0.3, 0.4) is 0 Å². The molecule has 0 radical (unpaired) electrons. The average Bonchev–Trinajstić information content (AvgIpc) is 2.46. The van der Waals surface area contributed by atoms with Gasteiger partial charge in [0.05, 0.1) is 6.04 Å². The summed E-state index contributed by atoms with van der Waals surface area (Å²) in [5, 5.41) is 0. The molecule has 1 aliphatic rings. The first-order valence-corrected chi connectivity index (χ1v) is 6.32. The molecule has 0 fully saturated rings. The molecule has 1 amide bonds. The largest absolute Gasteiger partial charge is 0.419 e. The molecule has 0 bridgehead atoms. The smallest absolute Gasteiger partial charge is 0.410 e. The number of nitrogens with zero attached hydrogens (tertiary/aromatic N) is 1. The molecule has 0 spiro atoms. The second-order valence-corrected chi connectivity index (χ2v) is 4.19. The van der Waals surface area contributed by atoms with E-state index >= 15 is 0 Å². The lowest BCUT2D eigenvalue weighted by Crippen LogP contribution is -2.37. The van der Waals surface area contributed by atoms with Crippen LogP contribution < -0.4 is 4.74 Å². The molecular weight excluding hydrogens is 238 g/mol. The Balaban J connectivity index is 2.04. The second kappa shape index (κ2) is 6.59. The van der Waals surface area contributed by atoms with Gasteiger partial charge in [0, 0.05) is 6.20 Å². The number of carbonyl (C=O) groups is 1. The summed E-state index contributed by atoms with van der Waals surface area (Å²) in [7, 11) is 0. The van der Waals surface area contributed by atoms with E-state index in [1.54, 1.807) is 23.2 Å². The third kappa shape index (κ3) is 3.58. The van der Waals surface area contributed by atoms with E-state index in [1.807, 2.05) is 55.5 Å². The zero-order valence-corrected chi connectivity index (χ0v) is 10.9. The lowest BCUT2D eigenvalue weighted by atomic mass is 10.1. The number of hydrogen-bond donors (Lipinski definition) is 0. The predicted molar refractivity (Wildman–Crippen MR) is 75.8 cm³/mol. The summed E-state index contributed by atoms with van der Waals surface area (Å²) >= 11 is 0. The van der Waals surface area contributed by atoms with Crippen molar-refractivity contribution in [3.8, 4) is 5.75 Å². The number of ether oxygens (including phenoxy) is 1. The van der Waals surface area contributed by atoms with Crippen LogP contribution >= 0.6 is 0 Å². The number of carbonyl (C=O) groups excluding carboxylic acids is 1. The summed E-state index contributed by atoms with van der Waals surface area (Å²) < 4.78 is 5.34. The van der Waals surface area contributed by atoms with E-state index in [9.17, 15) is 4.79 Å². The molecule has 2 rings (SSSR count). The number of amides is 1. The zero-order chi connectivity index (χ0) is 13.5. The standard InChI is InChI=1S/C16H17NO2/c1-2-3-9-14-10-7-8-13-17(14)16(18)19-15-11-5-4-6-12-15/h2-8,10-14H,9H2,1H3/b3-2+. The van der Waals surface area contributed by atoms with Crippen LogP contribution in [0.2, 0.25) is 0 Å². The van der Waals surface area contributed by atoms with E-state index in [0.29, 0.717) is 5.75 Å². The monoisotopic (exact) mass is 255 g/mol. The number of rotatable bonds is 3. The fourth-order valence-corrected chi connectivity index (χ4v) is 1.84. The van der Waals surface area contributed by atoms with Gasteiger partial charge in [-0.05, 0) is 31.6 Å². The van der Waals surface area contributed by atoms with Gasteiger partial charge in [-0.2, -0.15) is 0 Å². The molecule has 0 saturated heterocycles. The molecule has 1 aliphatic heterocycles. The van der Waals surface area contributed by atoms with Gasteiger partial charge in [0.25, 0.3) is 0 Å². The summed E-state index contributed by atoms with van der Waals surface area (Å²) in [5.41, 5.74) is 0. The molecule has 1 atom stereocenters. The molecule has 0 aromatic heterocycles. The third-order valence-corrected chi connectivity index (χ3v) is 2.82. The second-order valence-electron chi connectivity index (χ2n) is 4.19. The highest BCUT2D eigenvalue weighted by molar-refractivity contribution is 5.73. The molecule has 98 valence electrons. The Bertz CT molecular complexity index is 503. The van der Waals surface area contributed by atoms with Gasteiger partial charge in [-0.25, -0.2) is 4.79 Å². The van der Waals surface area contributed by atoms with Gasteiger partial charge in [0.2, 0.25) is 0 Å². The van der Waals surface area contributed by atoms with Crippen molar-refractivity contribution in [1.82, 2.24) is 4.90 Å². The van der Waals surface area contributed by atoms with Crippen LogP contribution in [0, 0.1) is 0 Å². The van der Waals surface area contributed by atoms with Crippen molar-refractivity contribution in [2.45, 2.75) is 19.4 Å². The lowest BCUT2D eigenvalue weighted by molar-refractivity contribution is 0.161. The highest BCUT2D eigenvalue weighted by Gasteiger charge is 2.21. The van der Waals surface area contributed by atoms with Crippen molar-refractivity contribution in [3.63, 3.8) is 0 Å². The van der Waals surface area contributed by atoms with Gasteiger partial charge >= 0.3 is 6.09 Å². The minimum absolute atomic E-state index is 0.0115. The first-order chi connectivity index (χ1) is 9.31. The number of para-hydroxylation sites is 1. The summed E-state index contributed by atoms with van der Waals surface area (Å²) in [6, 6.07) is 9.11. The third-order valence-electron chi connectivity index (χ3n) is 2.82. The lowest BCUT2D eigenvalue weighted by Gasteiger charge is -2.26. The van der Waals surface area contributed by atoms with Gasteiger partial charge in [-0.15, -0.1) is 0 Å². The van der Waals surface area contributed by atoms with Gasteiger partial charge < -0.3 is 4.74 Å². The quantitative estimate of drug-likeness (QED) is 0.766. The number of benzene rings is 1. The van der Waals surface area contributed by atoms with Crippen molar-refractivity contribution in [3.05, 3.63) is 66.9 Å². The molecule has 1 aromatic carbocycles. The van der Waals surface area contributed by atoms with E-state index < -0.39 is 0 Å². The molecule has 3 heteroatoms. The summed E-state index contributed by atoms with van der Waals surface area (Å²) in [4.78, 5) is 13.7. The Morgan fingerprint density at radius 1 is 1.32 bits per heavy atom. The zero-order valence-electron chi connectivity index (χ0n) is 10.9. The summed E-state index contributed by atoms with van der Waals surface area (Å²) in [6.45, 7) is 1.97. The first-order valence-electron chi connectivity index (χ1n) is 6.32. The molecular formula is C16H17NO2. The topological polar surface area (TPSA) is 29.5 Å². The van der Waals surface area contributed by atoms with E-state index in [1.165, 1.54) is 0 Å². The van der Waals surface area contributed by atoms with Crippen LogP contribution in [0.1, 0.15) is 13.3 Å². The number of hydrogen-bond acceptors (Lipinski definition) is 2. The van der Waals surface area contributed by atoms with E-state index in [0.717, 1.165) is 6.42 Å².